The molecular weight excluding hydrogens is 368 g/mol. The number of hydrazine groups is 1. The van der Waals surface area contributed by atoms with Gasteiger partial charge in [-0.1, -0.05) is 30.7 Å². The first-order valence-electron chi connectivity index (χ1n) is 8.77. The summed E-state index contributed by atoms with van der Waals surface area (Å²) in [6.45, 7) is 2.05. The average molecular weight is 389 g/mol. The summed E-state index contributed by atoms with van der Waals surface area (Å²) in [5.41, 5.74) is 4.66. The zero-order valence-corrected chi connectivity index (χ0v) is 15.5. The number of imidazole rings is 1. The molecule has 3 aromatic rings. The van der Waals surface area contributed by atoms with Crippen molar-refractivity contribution in [3.8, 4) is 0 Å². The van der Waals surface area contributed by atoms with E-state index in [2.05, 4.69) is 27.3 Å². The van der Waals surface area contributed by atoms with E-state index in [1.807, 2.05) is 24.3 Å². The number of halogens is 1. The van der Waals surface area contributed by atoms with Crippen molar-refractivity contribution in [1.82, 2.24) is 19.5 Å². The second-order valence-corrected chi connectivity index (χ2v) is 7.42. The quantitative estimate of drug-likeness (QED) is 0.397. The Labute approximate surface area is 161 Å². The Morgan fingerprint density at radius 1 is 1.19 bits per heavy atom. The van der Waals surface area contributed by atoms with Crippen molar-refractivity contribution in [3.63, 3.8) is 0 Å². The molecule has 1 aliphatic rings. The lowest BCUT2D eigenvalue weighted by atomic mass is 9.85. The SMILES string of the molecule is C[C@@H](c1ccc(Cl)cc1)[C@H]1C[C@@H](n2cnc3c(NN)ncnc32)[C@H](O)[C@@H]1O. The van der Waals surface area contributed by atoms with Crippen molar-refractivity contribution < 1.29 is 10.2 Å². The molecule has 0 bridgehead atoms. The summed E-state index contributed by atoms with van der Waals surface area (Å²) in [4.78, 5) is 12.6. The predicted octanol–water partition coefficient (Wildman–Crippen LogP) is 1.85. The van der Waals surface area contributed by atoms with Crippen molar-refractivity contribution in [2.45, 2.75) is 37.5 Å². The molecular formula is C18H21ClN6O2. The minimum Gasteiger partial charge on any atom is -0.390 e. The molecule has 8 nitrogen and oxygen atoms in total. The lowest BCUT2D eigenvalue weighted by Crippen LogP contribution is -2.31. The molecule has 0 saturated heterocycles. The largest absolute Gasteiger partial charge is 0.390 e. The highest BCUT2D eigenvalue weighted by molar-refractivity contribution is 6.30. The zero-order valence-electron chi connectivity index (χ0n) is 14.7. The van der Waals surface area contributed by atoms with Crippen LogP contribution < -0.4 is 11.3 Å². The summed E-state index contributed by atoms with van der Waals surface area (Å²) in [7, 11) is 0. The first kappa shape index (κ1) is 18.1. The van der Waals surface area contributed by atoms with Gasteiger partial charge in [0.2, 0.25) is 0 Å². The van der Waals surface area contributed by atoms with E-state index in [1.54, 1.807) is 10.9 Å². The van der Waals surface area contributed by atoms with Gasteiger partial charge in [-0.05, 0) is 36.0 Å². The fraction of sp³-hybridized carbons (Fsp3) is 0.389. The molecule has 5 atom stereocenters. The molecule has 0 unspecified atom stereocenters. The van der Waals surface area contributed by atoms with E-state index in [0.717, 1.165) is 5.56 Å². The molecule has 0 spiro atoms. The zero-order chi connectivity index (χ0) is 19.1. The van der Waals surface area contributed by atoms with E-state index in [1.165, 1.54) is 6.33 Å². The molecule has 0 aliphatic heterocycles. The lowest BCUT2D eigenvalue weighted by molar-refractivity contribution is 0.00286. The van der Waals surface area contributed by atoms with E-state index in [-0.39, 0.29) is 17.9 Å². The lowest BCUT2D eigenvalue weighted by Gasteiger charge is -2.23. The molecule has 2 heterocycles. The Morgan fingerprint density at radius 2 is 1.93 bits per heavy atom. The van der Waals surface area contributed by atoms with Crippen molar-refractivity contribution in [2.24, 2.45) is 11.8 Å². The smallest absolute Gasteiger partial charge is 0.171 e. The molecule has 5 N–H and O–H groups in total. The third-order valence-corrected chi connectivity index (χ3v) is 5.84. The molecule has 2 aromatic heterocycles. The van der Waals surface area contributed by atoms with Gasteiger partial charge < -0.3 is 20.2 Å². The molecule has 4 rings (SSSR count). The van der Waals surface area contributed by atoms with Gasteiger partial charge in [0.15, 0.2) is 17.0 Å². The highest BCUT2D eigenvalue weighted by Crippen LogP contribution is 2.43. The number of nitrogen functional groups attached to an aromatic ring is 1. The maximum atomic E-state index is 10.7. The minimum absolute atomic E-state index is 0.0580. The van der Waals surface area contributed by atoms with Crippen LogP contribution >= 0.6 is 11.6 Å². The van der Waals surface area contributed by atoms with Gasteiger partial charge >= 0.3 is 0 Å². The number of hydrogen-bond acceptors (Lipinski definition) is 7. The molecule has 1 aliphatic carbocycles. The average Bonchev–Trinajstić information content (AvgIpc) is 3.23. The maximum Gasteiger partial charge on any atom is 0.171 e. The van der Waals surface area contributed by atoms with Gasteiger partial charge in [-0.3, -0.25) is 0 Å². The predicted molar refractivity (Wildman–Crippen MR) is 102 cm³/mol. The molecule has 1 saturated carbocycles. The van der Waals surface area contributed by atoms with Crippen LogP contribution in [0.4, 0.5) is 5.82 Å². The third kappa shape index (κ3) is 3.04. The van der Waals surface area contributed by atoms with E-state index in [9.17, 15) is 10.2 Å². The molecule has 0 amide bonds. The van der Waals surface area contributed by atoms with E-state index in [0.29, 0.717) is 28.4 Å². The van der Waals surface area contributed by atoms with E-state index < -0.39 is 12.2 Å². The number of nitrogens with zero attached hydrogens (tertiary/aromatic N) is 4. The van der Waals surface area contributed by atoms with Crippen LogP contribution in [0.5, 0.6) is 0 Å². The van der Waals surface area contributed by atoms with Gasteiger partial charge in [-0.25, -0.2) is 20.8 Å². The number of rotatable bonds is 4. The topological polar surface area (TPSA) is 122 Å². The summed E-state index contributed by atoms with van der Waals surface area (Å²) in [6.07, 6.45) is 1.81. The van der Waals surface area contributed by atoms with Crippen molar-refractivity contribution in [1.29, 1.82) is 0 Å². The fourth-order valence-electron chi connectivity index (χ4n) is 4.03. The summed E-state index contributed by atoms with van der Waals surface area (Å²) in [5.74, 6) is 5.84. The van der Waals surface area contributed by atoms with Crippen LogP contribution in [-0.4, -0.2) is 41.9 Å². The monoisotopic (exact) mass is 388 g/mol. The Balaban J connectivity index is 1.65. The molecule has 1 aromatic carbocycles. The molecule has 9 heteroatoms. The van der Waals surface area contributed by atoms with Gasteiger partial charge in [0.05, 0.1) is 18.5 Å². The van der Waals surface area contributed by atoms with E-state index >= 15 is 0 Å². The minimum atomic E-state index is -0.925. The van der Waals surface area contributed by atoms with Crippen molar-refractivity contribution >= 4 is 28.6 Å². The number of aliphatic hydroxyl groups excluding tert-OH is 2. The number of aliphatic hydroxyl groups is 2. The fourth-order valence-corrected chi connectivity index (χ4v) is 4.16. The van der Waals surface area contributed by atoms with Crippen LogP contribution in [0.15, 0.2) is 36.9 Å². The Kier molecular flexibility index (Phi) is 4.73. The van der Waals surface area contributed by atoms with Crippen LogP contribution in [0, 0.1) is 5.92 Å². The van der Waals surface area contributed by atoms with E-state index in [4.69, 9.17) is 17.4 Å². The summed E-state index contributed by atoms with van der Waals surface area (Å²) in [6, 6.07) is 7.25. The normalized spacial score (nSPS) is 26.4. The van der Waals surface area contributed by atoms with Gasteiger partial charge in [0.1, 0.15) is 12.4 Å². The van der Waals surface area contributed by atoms with Crippen LogP contribution in [0.2, 0.25) is 5.02 Å². The second kappa shape index (κ2) is 7.05. The van der Waals surface area contributed by atoms with Gasteiger partial charge in [0, 0.05) is 5.02 Å². The van der Waals surface area contributed by atoms with Gasteiger partial charge in [-0.2, -0.15) is 0 Å². The Morgan fingerprint density at radius 3 is 2.63 bits per heavy atom. The first-order chi connectivity index (χ1) is 13.0. The molecule has 1 fully saturated rings. The summed E-state index contributed by atoms with van der Waals surface area (Å²) in [5, 5.41) is 22.1. The number of hydrogen-bond donors (Lipinski definition) is 4. The van der Waals surface area contributed by atoms with Crippen LogP contribution in [0.3, 0.4) is 0 Å². The number of aromatic nitrogens is 4. The Hall–Kier alpha value is -2.26. The summed E-state index contributed by atoms with van der Waals surface area (Å²) < 4.78 is 1.79. The van der Waals surface area contributed by atoms with Gasteiger partial charge in [0.25, 0.3) is 0 Å². The standard InChI is InChI=1S/C18H21ClN6O2/c1-9(10-2-4-11(19)5-3-10)12-6-13(16(27)15(12)26)25-8-23-14-17(24-20)21-7-22-18(14)25/h2-5,7-9,12-13,15-16,26-27H,6,20H2,1H3,(H,21,22,24)/t9-,12+,13+,15+,16-/m0/s1. The number of fused-ring (bicyclic) bond motifs is 1. The van der Waals surface area contributed by atoms with Crippen molar-refractivity contribution in [3.05, 3.63) is 47.5 Å². The highest BCUT2D eigenvalue weighted by Gasteiger charge is 2.45. The molecule has 142 valence electrons. The van der Waals surface area contributed by atoms with Gasteiger partial charge in [-0.15, -0.1) is 0 Å². The summed E-state index contributed by atoms with van der Waals surface area (Å²) >= 11 is 5.97. The number of benzene rings is 1. The number of anilines is 1. The third-order valence-electron chi connectivity index (χ3n) is 5.59. The van der Waals surface area contributed by atoms with Crippen molar-refractivity contribution in [2.75, 3.05) is 5.43 Å². The van der Waals surface area contributed by atoms with Crippen LogP contribution in [0.1, 0.15) is 30.9 Å². The Bertz CT molecular complexity index is 947. The number of nitrogens with one attached hydrogen (secondary N) is 1. The van der Waals surface area contributed by atoms with Crippen LogP contribution in [0.25, 0.3) is 11.2 Å². The first-order valence-corrected chi connectivity index (χ1v) is 9.14. The number of nitrogens with two attached hydrogens (primary N) is 1. The van der Waals surface area contributed by atoms with Crippen LogP contribution in [-0.2, 0) is 0 Å². The second-order valence-electron chi connectivity index (χ2n) is 6.98. The maximum absolute atomic E-state index is 10.7. The molecule has 27 heavy (non-hydrogen) atoms. The molecule has 0 radical (unpaired) electrons. The highest BCUT2D eigenvalue weighted by atomic mass is 35.5.